The van der Waals surface area contributed by atoms with Crippen LogP contribution in [0.25, 0.3) is 0 Å². The molecule has 2 aromatic rings. The van der Waals surface area contributed by atoms with Crippen LogP contribution in [-0.4, -0.2) is 28.9 Å². The van der Waals surface area contributed by atoms with Gasteiger partial charge in [0.05, 0.1) is 32.2 Å². The zero-order valence-corrected chi connectivity index (χ0v) is 17.9. The van der Waals surface area contributed by atoms with Crippen LogP contribution in [-0.2, 0) is 22.6 Å². The fourth-order valence-corrected chi connectivity index (χ4v) is 3.28. The summed E-state index contributed by atoms with van der Waals surface area (Å²) in [5.41, 5.74) is 1.12. The third-order valence-electron chi connectivity index (χ3n) is 4.81. The number of nitrogens with zero attached hydrogens (tertiary/aromatic N) is 2. The fourth-order valence-electron chi connectivity index (χ4n) is 3.16. The second-order valence-corrected chi connectivity index (χ2v) is 7.81. The minimum absolute atomic E-state index is 0.0334. The van der Waals surface area contributed by atoms with Gasteiger partial charge in [-0.2, -0.15) is 0 Å². The normalized spacial score (nSPS) is 12.4. The van der Waals surface area contributed by atoms with Crippen molar-refractivity contribution in [3.05, 3.63) is 53.6 Å². The number of imidazole rings is 1. The van der Waals surface area contributed by atoms with Crippen LogP contribution in [0.3, 0.4) is 0 Å². The Labute approximate surface area is 175 Å². The van der Waals surface area contributed by atoms with Gasteiger partial charge in [0.15, 0.2) is 0 Å². The van der Waals surface area contributed by atoms with Crippen molar-refractivity contribution in [1.82, 2.24) is 9.55 Å². The Morgan fingerprint density at radius 3 is 2.39 bits per heavy atom. The Morgan fingerprint density at radius 2 is 1.71 bits per heavy atom. The van der Waals surface area contributed by atoms with E-state index >= 15 is 0 Å². The van der Waals surface area contributed by atoms with Gasteiger partial charge in [-0.05, 0) is 24.1 Å². The van der Waals surface area contributed by atoms with E-state index in [1.54, 1.807) is 6.20 Å². The molecular weight excluding hydrogens is 372 g/mol. The molecule has 0 spiro atoms. The lowest BCUT2D eigenvalue weighted by atomic mass is 10.1. The Morgan fingerprint density at radius 1 is 1.00 bits per heavy atom. The number of halogens is 1. The maximum atomic E-state index is 6.12. The summed E-state index contributed by atoms with van der Waals surface area (Å²) in [5.74, 6) is 0. The number of aromatic nitrogens is 2. The van der Waals surface area contributed by atoms with Crippen LogP contribution in [0.5, 0.6) is 0 Å². The van der Waals surface area contributed by atoms with Gasteiger partial charge in [-0.1, -0.05) is 75.6 Å². The number of hydrogen-bond donors (Lipinski definition) is 0. The highest BCUT2D eigenvalue weighted by Crippen LogP contribution is 2.12. The summed E-state index contributed by atoms with van der Waals surface area (Å²) in [6, 6.07) is 7.77. The molecule has 1 atom stereocenters. The number of ether oxygens (including phenoxy) is 2. The maximum absolute atomic E-state index is 6.12. The maximum Gasteiger partial charge on any atom is 0.0987 e. The Balaban J connectivity index is 1.63. The summed E-state index contributed by atoms with van der Waals surface area (Å²) in [6.07, 6.45) is 16.1. The first kappa shape index (κ1) is 22.9. The van der Waals surface area contributed by atoms with Crippen LogP contribution in [0.15, 0.2) is 43.0 Å². The van der Waals surface area contributed by atoms with Crippen LogP contribution in [0.1, 0.15) is 63.9 Å². The van der Waals surface area contributed by atoms with Crippen molar-refractivity contribution in [2.45, 2.75) is 77.5 Å². The number of benzene rings is 1. The molecule has 28 heavy (non-hydrogen) atoms. The summed E-state index contributed by atoms with van der Waals surface area (Å²) in [7, 11) is 0. The molecule has 0 amide bonds. The smallest absolute Gasteiger partial charge is 0.0987 e. The number of hydrogen-bond acceptors (Lipinski definition) is 3. The van der Waals surface area contributed by atoms with E-state index in [9.17, 15) is 0 Å². The standard InChI is InChI=1S/C23H35ClN2O2/c1-2-3-4-5-6-7-8-9-16-28-23(17-26-15-14-25-20-26)19-27-18-21-10-12-22(24)13-11-21/h10-15,20,23H,2-9,16-19H2,1H3. The second-order valence-electron chi connectivity index (χ2n) is 7.37. The lowest BCUT2D eigenvalue weighted by Gasteiger charge is -2.19. The molecule has 1 aromatic heterocycles. The van der Waals surface area contributed by atoms with E-state index < -0.39 is 0 Å². The molecule has 2 rings (SSSR count). The van der Waals surface area contributed by atoms with E-state index in [-0.39, 0.29) is 6.10 Å². The minimum Gasteiger partial charge on any atom is -0.374 e. The second kappa shape index (κ2) is 14.6. The van der Waals surface area contributed by atoms with Gasteiger partial charge < -0.3 is 14.0 Å². The summed E-state index contributed by atoms with van der Waals surface area (Å²) in [6.45, 7) is 4.95. The van der Waals surface area contributed by atoms with Crippen molar-refractivity contribution in [2.24, 2.45) is 0 Å². The SMILES string of the molecule is CCCCCCCCCCOC(COCc1ccc(Cl)cc1)Cn1ccnc1. The van der Waals surface area contributed by atoms with Crippen LogP contribution < -0.4 is 0 Å². The Kier molecular flexibility index (Phi) is 12.0. The third-order valence-corrected chi connectivity index (χ3v) is 5.06. The monoisotopic (exact) mass is 406 g/mol. The van der Waals surface area contributed by atoms with Crippen molar-refractivity contribution in [2.75, 3.05) is 13.2 Å². The Hall–Kier alpha value is -1.36. The van der Waals surface area contributed by atoms with Gasteiger partial charge in [0.2, 0.25) is 0 Å². The molecule has 156 valence electrons. The zero-order valence-electron chi connectivity index (χ0n) is 17.2. The molecule has 1 aromatic carbocycles. The first-order valence-electron chi connectivity index (χ1n) is 10.7. The predicted octanol–water partition coefficient (Wildman–Crippen LogP) is 6.28. The van der Waals surface area contributed by atoms with E-state index in [0.717, 1.165) is 30.2 Å². The highest BCUT2D eigenvalue weighted by Gasteiger charge is 2.11. The highest BCUT2D eigenvalue weighted by molar-refractivity contribution is 6.30. The molecule has 0 fully saturated rings. The van der Waals surface area contributed by atoms with Crippen molar-refractivity contribution in [3.63, 3.8) is 0 Å². The molecule has 4 nitrogen and oxygen atoms in total. The van der Waals surface area contributed by atoms with Gasteiger partial charge in [-0.15, -0.1) is 0 Å². The average Bonchev–Trinajstić information content (AvgIpc) is 3.21. The van der Waals surface area contributed by atoms with Crippen LogP contribution in [0.4, 0.5) is 0 Å². The first-order valence-corrected chi connectivity index (χ1v) is 11.0. The van der Waals surface area contributed by atoms with E-state index in [2.05, 4.69) is 11.9 Å². The molecule has 1 heterocycles. The fraction of sp³-hybridized carbons (Fsp3) is 0.609. The van der Waals surface area contributed by atoms with Crippen LogP contribution in [0.2, 0.25) is 5.02 Å². The van der Waals surface area contributed by atoms with E-state index in [1.807, 2.05) is 41.4 Å². The molecule has 0 N–H and O–H groups in total. The van der Waals surface area contributed by atoms with E-state index in [4.69, 9.17) is 21.1 Å². The average molecular weight is 407 g/mol. The van der Waals surface area contributed by atoms with Crippen LogP contribution >= 0.6 is 11.6 Å². The van der Waals surface area contributed by atoms with Gasteiger partial charge in [0.25, 0.3) is 0 Å². The number of rotatable bonds is 16. The molecule has 5 heteroatoms. The molecule has 0 aliphatic carbocycles. The molecule has 1 unspecified atom stereocenters. The molecule has 0 aliphatic rings. The zero-order chi connectivity index (χ0) is 19.9. The molecule has 0 saturated carbocycles. The minimum atomic E-state index is 0.0334. The molecule has 0 aliphatic heterocycles. The van der Waals surface area contributed by atoms with Crippen molar-refractivity contribution < 1.29 is 9.47 Å². The molecule has 0 bridgehead atoms. The lowest BCUT2D eigenvalue weighted by Crippen LogP contribution is -2.25. The third kappa shape index (κ3) is 10.3. The van der Waals surface area contributed by atoms with Crippen molar-refractivity contribution in [1.29, 1.82) is 0 Å². The van der Waals surface area contributed by atoms with Crippen molar-refractivity contribution in [3.8, 4) is 0 Å². The summed E-state index contributed by atoms with van der Waals surface area (Å²) >= 11 is 5.93. The molecular formula is C23H35ClN2O2. The quantitative estimate of drug-likeness (QED) is 0.308. The van der Waals surface area contributed by atoms with Gasteiger partial charge >= 0.3 is 0 Å². The van der Waals surface area contributed by atoms with Crippen LogP contribution in [0, 0.1) is 0 Å². The predicted molar refractivity (Wildman–Crippen MR) is 116 cm³/mol. The van der Waals surface area contributed by atoms with E-state index in [0.29, 0.717) is 13.2 Å². The lowest BCUT2D eigenvalue weighted by molar-refractivity contribution is -0.0306. The van der Waals surface area contributed by atoms with Gasteiger partial charge in [-0.25, -0.2) is 4.98 Å². The van der Waals surface area contributed by atoms with Crippen molar-refractivity contribution >= 4 is 11.6 Å². The Bertz CT molecular complexity index is 602. The summed E-state index contributed by atoms with van der Waals surface area (Å²) in [4.78, 5) is 4.12. The number of unbranched alkanes of at least 4 members (excludes halogenated alkanes) is 7. The summed E-state index contributed by atoms with van der Waals surface area (Å²) < 4.78 is 14.1. The summed E-state index contributed by atoms with van der Waals surface area (Å²) in [5, 5.41) is 0.746. The van der Waals surface area contributed by atoms with Gasteiger partial charge in [0.1, 0.15) is 0 Å². The first-order chi connectivity index (χ1) is 13.8. The van der Waals surface area contributed by atoms with Gasteiger partial charge in [0, 0.05) is 24.0 Å². The molecule has 0 saturated heterocycles. The van der Waals surface area contributed by atoms with Gasteiger partial charge in [-0.3, -0.25) is 0 Å². The topological polar surface area (TPSA) is 36.3 Å². The van der Waals surface area contributed by atoms with E-state index in [1.165, 1.54) is 44.9 Å². The highest BCUT2D eigenvalue weighted by atomic mass is 35.5. The molecule has 0 radical (unpaired) electrons. The largest absolute Gasteiger partial charge is 0.374 e.